The molecule has 10 heteroatoms. The molecule has 1 aliphatic heterocycles. The van der Waals surface area contributed by atoms with Crippen molar-refractivity contribution in [3.63, 3.8) is 0 Å². The highest BCUT2D eigenvalue weighted by Gasteiger charge is 2.42. The van der Waals surface area contributed by atoms with Crippen LogP contribution < -0.4 is 4.90 Å². The van der Waals surface area contributed by atoms with Crippen LogP contribution in [0, 0.1) is 29.9 Å². The lowest BCUT2D eigenvalue weighted by Gasteiger charge is -2.43. The summed E-state index contributed by atoms with van der Waals surface area (Å²) in [5.74, 6) is -2.09. The second-order valence-electron chi connectivity index (χ2n) is 9.74. The first-order valence-corrected chi connectivity index (χ1v) is 13.4. The third-order valence-corrected chi connectivity index (χ3v) is 11.0. The molecular weight excluding hydrogens is 457 g/mol. The number of alkyl halides is 3. The average molecular weight is 484 g/mol. The van der Waals surface area contributed by atoms with Gasteiger partial charge in [-0.1, -0.05) is 20.8 Å². The fourth-order valence-corrected chi connectivity index (χ4v) is 5.01. The largest absolute Gasteiger partial charge is 0.436 e. The maximum absolute atomic E-state index is 14.6. The molecule has 0 spiro atoms. The third kappa shape index (κ3) is 4.61. The number of nitriles is 1. The van der Waals surface area contributed by atoms with Crippen LogP contribution in [0.1, 0.15) is 55.7 Å². The number of halogens is 5. The predicted octanol–water partition coefficient (Wildman–Crippen LogP) is 7.16. The molecule has 0 N–H and O–H groups in total. The Bertz CT molecular complexity index is 1120. The van der Waals surface area contributed by atoms with Gasteiger partial charge in [0.25, 0.3) is 0 Å². The number of hydrogen-bond donors (Lipinski definition) is 0. The van der Waals surface area contributed by atoms with Gasteiger partial charge in [-0.05, 0) is 43.6 Å². The van der Waals surface area contributed by atoms with Gasteiger partial charge in [0, 0.05) is 17.7 Å². The van der Waals surface area contributed by atoms with E-state index in [0.717, 1.165) is 12.3 Å². The number of nitrogens with zero attached hydrogens (tertiary/aromatic N) is 3. The van der Waals surface area contributed by atoms with E-state index in [0.29, 0.717) is 17.7 Å². The molecule has 33 heavy (non-hydrogen) atoms. The van der Waals surface area contributed by atoms with Crippen molar-refractivity contribution in [1.82, 2.24) is 4.98 Å². The van der Waals surface area contributed by atoms with Crippen molar-refractivity contribution in [3.8, 4) is 6.07 Å². The number of fused-ring (bicyclic) bond motifs is 1. The van der Waals surface area contributed by atoms with Crippen molar-refractivity contribution < 1.29 is 26.4 Å². The van der Waals surface area contributed by atoms with Gasteiger partial charge in [0.15, 0.2) is 19.8 Å². The molecule has 1 aliphatic rings. The molecule has 1 aromatic carbocycles. The van der Waals surface area contributed by atoms with Crippen molar-refractivity contribution in [2.45, 2.75) is 64.5 Å². The summed E-state index contributed by atoms with van der Waals surface area (Å²) in [6.07, 6.45) is -4.11. The molecule has 3 rings (SSSR count). The topological polar surface area (TPSA) is 49.1 Å². The molecule has 0 bridgehead atoms. The van der Waals surface area contributed by atoms with Crippen LogP contribution in [0.3, 0.4) is 0 Å². The van der Waals surface area contributed by atoms with E-state index in [1.807, 2.05) is 6.07 Å². The zero-order chi connectivity index (χ0) is 24.9. The van der Waals surface area contributed by atoms with Gasteiger partial charge in [0.2, 0.25) is 0 Å². The minimum Gasteiger partial charge on any atom is -0.410 e. The van der Waals surface area contributed by atoms with E-state index < -0.39 is 37.9 Å². The number of anilines is 2. The van der Waals surface area contributed by atoms with Crippen LogP contribution >= 0.6 is 0 Å². The van der Waals surface area contributed by atoms with E-state index in [2.05, 4.69) is 38.8 Å². The molecule has 0 aliphatic carbocycles. The highest BCUT2D eigenvalue weighted by atomic mass is 28.4. The van der Waals surface area contributed by atoms with Crippen LogP contribution in [0.15, 0.2) is 18.3 Å². The highest BCUT2D eigenvalue weighted by Crippen LogP contribution is 2.47. The van der Waals surface area contributed by atoms with Gasteiger partial charge in [-0.25, -0.2) is 13.8 Å². The molecular formula is C23H26F5N3OSi. The molecule has 2 heterocycles. The maximum atomic E-state index is 14.6. The zero-order valence-corrected chi connectivity index (χ0v) is 20.4. The SMILES string of the molecule is Cc1c(N2CCC(O[Si](C)(C)C(C)(C)C)c3cc(F)cc(C#N)c32)cnc(C(F)(F)F)c1F. The fourth-order valence-electron chi connectivity index (χ4n) is 3.70. The number of hydrogen-bond acceptors (Lipinski definition) is 4. The van der Waals surface area contributed by atoms with Crippen molar-refractivity contribution in [1.29, 1.82) is 5.26 Å². The van der Waals surface area contributed by atoms with Gasteiger partial charge in [0.05, 0.1) is 29.2 Å². The normalized spacial score (nSPS) is 17.0. The van der Waals surface area contributed by atoms with E-state index in [9.17, 15) is 27.2 Å². The Balaban J connectivity index is 2.17. The molecule has 0 saturated carbocycles. The van der Waals surface area contributed by atoms with Crippen LogP contribution in [0.5, 0.6) is 0 Å². The molecule has 0 fully saturated rings. The molecule has 2 aromatic rings. The maximum Gasteiger partial charge on any atom is 0.436 e. The van der Waals surface area contributed by atoms with Crippen LogP contribution in [-0.2, 0) is 10.6 Å². The highest BCUT2D eigenvalue weighted by molar-refractivity contribution is 6.74. The Kier molecular flexibility index (Phi) is 6.37. The van der Waals surface area contributed by atoms with E-state index in [1.165, 1.54) is 17.9 Å². The Morgan fingerprint density at radius 2 is 1.82 bits per heavy atom. The molecule has 178 valence electrons. The summed E-state index contributed by atoms with van der Waals surface area (Å²) in [5, 5.41) is 9.57. The minimum absolute atomic E-state index is 0.00626. The summed E-state index contributed by atoms with van der Waals surface area (Å²) in [5.41, 5.74) is -1.04. The van der Waals surface area contributed by atoms with Crippen molar-refractivity contribution in [2.24, 2.45) is 0 Å². The summed E-state index contributed by atoms with van der Waals surface area (Å²) in [7, 11) is -2.28. The number of pyridine rings is 1. The van der Waals surface area contributed by atoms with Gasteiger partial charge in [-0.2, -0.15) is 18.4 Å². The van der Waals surface area contributed by atoms with Crippen LogP contribution in [0.2, 0.25) is 18.1 Å². The van der Waals surface area contributed by atoms with Crippen LogP contribution in [-0.4, -0.2) is 19.8 Å². The molecule has 1 unspecified atom stereocenters. The van der Waals surface area contributed by atoms with Crippen LogP contribution in [0.25, 0.3) is 0 Å². The molecule has 0 amide bonds. The average Bonchev–Trinajstić information content (AvgIpc) is 2.68. The van der Waals surface area contributed by atoms with E-state index in [-0.39, 0.29) is 28.4 Å². The Morgan fingerprint density at radius 1 is 1.18 bits per heavy atom. The Morgan fingerprint density at radius 3 is 2.36 bits per heavy atom. The van der Waals surface area contributed by atoms with Gasteiger partial charge < -0.3 is 9.33 Å². The standard InChI is InChI=1S/C23H26F5N3OSi/c1-13-17(12-30-21(19(13)25)23(26,27)28)31-8-7-18(32-33(5,6)22(2,3)4)16-10-15(24)9-14(11-29)20(16)31/h9-10,12,18H,7-8H2,1-6H3. The first-order valence-electron chi connectivity index (χ1n) is 10.5. The van der Waals surface area contributed by atoms with E-state index >= 15 is 0 Å². The van der Waals surface area contributed by atoms with E-state index in [4.69, 9.17) is 4.43 Å². The predicted molar refractivity (Wildman–Crippen MR) is 118 cm³/mol. The molecule has 1 aromatic heterocycles. The fraction of sp³-hybridized carbons (Fsp3) is 0.478. The molecule has 1 atom stereocenters. The molecule has 0 radical (unpaired) electrons. The van der Waals surface area contributed by atoms with Crippen LogP contribution in [0.4, 0.5) is 33.3 Å². The molecule has 4 nitrogen and oxygen atoms in total. The van der Waals surface area contributed by atoms with Gasteiger partial charge in [0.1, 0.15) is 11.9 Å². The minimum atomic E-state index is -4.93. The Labute approximate surface area is 191 Å². The van der Waals surface area contributed by atoms with Crippen molar-refractivity contribution >= 4 is 19.7 Å². The van der Waals surface area contributed by atoms with Gasteiger partial charge in [-0.3, -0.25) is 0 Å². The first kappa shape index (κ1) is 25.1. The summed E-state index contributed by atoms with van der Waals surface area (Å²) in [6.45, 7) is 11.8. The second kappa shape index (κ2) is 8.36. The number of aromatic nitrogens is 1. The smallest absolute Gasteiger partial charge is 0.410 e. The van der Waals surface area contributed by atoms with Crippen molar-refractivity contribution in [3.05, 3.63) is 52.3 Å². The second-order valence-corrected chi connectivity index (χ2v) is 14.5. The van der Waals surface area contributed by atoms with Gasteiger partial charge >= 0.3 is 6.18 Å². The lowest BCUT2D eigenvalue weighted by Crippen LogP contribution is -2.43. The quantitative estimate of drug-likeness (QED) is 0.343. The Hall–Kier alpha value is -2.51. The summed E-state index contributed by atoms with van der Waals surface area (Å²) in [4.78, 5) is 4.85. The first-order chi connectivity index (χ1) is 15.1. The van der Waals surface area contributed by atoms with Gasteiger partial charge in [-0.15, -0.1) is 0 Å². The monoisotopic (exact) mass is 483 g/mol. The summed E-state index contributed by atoms with van der Waals surface area (Å²) < 4.78 is 74.9. The summed E-state index contributed by atoms with van der Waals surface area (Å²) >= 11 is 0. The van der Waals surface area contributed by atoms with Crippen molar-refractivity contribution in [2.75, 3.05) is 11.4 Å². The number of rotatable bonds is 3. The third-order valence-electron chi connectivity index (χ3n) is 6.50. The zero-order valence-electron chi connectivity index (χ0n) is 19.4. The molecule has 0 saturated heterocycles. The van der Waals surface area contributed by atoms with E-state index in [1.54, 1.807) is 0 Å². The summed E-state index contributed by atoms with van der Waals surface area (Å²) in [6, 6.07) is 4.30. The lowest BCUT2D eigenvalue weighted by molar-refractivity contribution is -0.143. The number of benzene rings is 1. The lowest BCUT2D eigenvalue weighted by atomic mass is 9.94.